The molecule has 214 valence electrons. The molecule has 1 saturated heterocycles. The predicted octanol–water partition coefficient (Wildman–Crippen LogP) is 7.22. The molecule has 2 unspecified atom stereocenters. The summed E-state index contributed by atoms with van der Waals surface area (Å²) in [6.07, 6.45) is 1.72. The maximum atomic E-state index is 13.6. The molecule has 4 aromatic carbocycles. The van der Waals surface area contributed by atoms with Crippen LogP contribution in [0, 0.1) is 6.92 Å². The van der Waals surface area contributed by atoms with Crippen LogP contribution in [-0.2, 0) is 17.8 Å². The molecule has 0 radical (unpaired) electrons. The van der Waals surface area contributed by atoms with Crippen molar-refractivity contribution in [2.75, 3.05) is 11.4 Å². The minimum absolute atomic E-state index is 0.00507. The Morgan fingerprint density at radius 2 is 1.81 bits per heavy atom. The summed E-state index contributed by atoms with van der Waals surface area (Å²) >= 11 is 6.16. The summed E-state index contributed by atoms with van der Waals surface area (Å²) in [7, 11) is 0. The van der Waals surface area contributed by atoms with E-state index in [1.165, 1.54) is 11.1 Å². The van der Waals surface area contributed by atoms with Crippen molar-refractivity contribution >= 4 is 29.1 Å². The SMILES string of the molecule is Cc1ccc(CCNC(=O)c2cccc(N3C(=O)CC4CC3(C)Oc3c(OCc5cccc(Cl)c5)cccc34)c2)cc1. The summed E-state index contributed by atoms with van der Waals surface area (Å²) in [5, 5.41) is 3.66. The quantitative estimate of drug-likeness (QED) is 0.239. The fourth-order valence-corrected chi connectivity index (χ4v) is 6.17. The van der Waals surface area contributed by atoms with Crippen molar-refractivity contribution in [1.29, 1.82) is 0 Å². The number of piperidine rings is 1. The van der Waals surface area contributed by atoms with Crippen LogP contribution in [0.25, 0.3) is 0 Å². The van der Waals surface area contributed by atoms with Gasteiger partial charge >= 0.3 is 0 Å². The Hall–Kier alpha value is -4.29. The Morgan fingerprint density at radius 1 is 1.02 bits per heavy atom. The van der Waals surface area contributed by atoms with Crippen molar-refractivity contribution in [2.24, 2.45) is 0 Å². The average molecular weight is 581 g/mol. The highest BCUT2D eigenvalue weighted by Crippen LogP contribution is 2.52. The maximum absolute atomic E-state index is 13.6. The number of aryl methyl sites for hydroxylation is 1. The molecule has 0 spiro atoms. The first-order valence-corrected chi connectivity index (χ1v) is 14.6. The Labute approximate surface area is 251 Å². The van der Waals surface area contributed by atoms with Crippen LogP contribution in [0.5, 0.6) is 11.5 Å². The first-order valence-electron chi connectivity index (χ1n) is 14.3. The van der Waals surface area contributed by atoms with Gasteiger partial charge < -0.3 is 14.8 Å². The number of fused-ring (bicyclic) bond motifs is 4. The fraction of sp³-hybridized carbons (Fsp3) is 0.257. The molecule has 0 aliphatic carbocycles. The van der Waals surface area contributed by atoms with E-state index in [4.69, 9.17) is 21.1 Å². The second-order valence-electron chi connectivity index (χ2n) is 11.2. The molecular formula is C35H33ClN2O4. The summed E-state index contributed by atoms with van der Waals surface area (Å²) in [6, 6.07) is 28.9. The molecule has 1 N–H and O–H groups in total. The van der Waals surface area contributed by atoms with E-state index in [9.17, 15) is 9.59 Å². The molecule has 6 nitrogen and oxygen atoms in total. The van der Waals surface area contributed by atoms with Gasteiger partial charge in [-0.15, -0.1) is 0 Å². The molecule has 2 bridgehead atoms. The molecule has 42 heavy (non-hydrogen) atoms. The van der Waals surface area contributed by atoms with Crippen LogP contribution >= 0.6 is 11.6 Å². The number of carbonyl (C=O) groups is 2. The van der Waals surface area contributed by atoms with Gasteiger partial charge in [0.1, 0.15) is 6.61 Å². The molecule has 1 fully saturated rings. The van der Waals surface area contributed by atoms with E-state index in [1.807, 2.05) is 61.5 Å². The van der Waals surface area contributed by atoms with Crippen molar-refractivity contribution in [2.45, 2.75) is 51.4 Å². The number of amides is 2. The molecule has 2 amide bonds. The van der Waals surface area contributed by atoms with E-state index in [0.717, 1.165) is 17.5 Å². The lowest BCUT2D eigenvalue weighted by Crippen LogP contribution is -2.60. The third-order valence-corrected chi connectivity index (χ3v) is 8.24. The first-order chi connectivity index (χ1) is 20.3. The highest BCUT2D eigenvalue weighted by Gasteiger charge is 2.50. The average Bonchev–Trinajstić information content (AvgIpc) is 2.97. The van der Waals surface area contributed by atoms with Gasteiger partial charge in [-0.1, -0.05) is 71.8 Å². The Bertz CT molecular complexity index is 1640. The van der Waals surface area contributed by atoms with Crippen molar-refractivity contribution in [3.63, 3.8) is 0 Å². The monoisotopic (exact) mass is 580 g/mol. The lowest BCUT2D eigenvalue weighted by Gasteiger charge is -2.50. The van der Waals surface area contributed by atoms with E-state index in [0.29, 0.717) is 53.8 Å². The van der Waals surface area contributed by atoms with Gasteiger partial charge in [-0.3, -0.25) is 14.5 Å². The minimum atomic E-state index is -0.941. The highest BCUT2D eigenvalue weighted by atomic mass is 35.5. The smallest absolute Gasteiger partial charge is 0.251 e. The number of benzene rings is 4. The van der Waals surface area contributed by atoms with Gasteiger partial charge in [0, 0.05) is 47.1 Å². The van der Waals surface area contributed by atoms with Crippen LogP contribution < -0.4 is 19.7 Å². The third kappa shape index (κ3) is 5.72. The summed E-state index contributed by atoms with van der Waals surface area (Å²) in [5.41, 5.74) is 4.49. The number of hydrogen-bond donors (Lipinski definition) is 1. The van der Waals surface area contributed by atoms with Gasteiger partial charge in [-0.25, -0.2) is 0 Å². The number of para-hydroxylation sites is 1. The molecule has 2 aliphatic rings. The second-order valence-corrected chi connectivity index (χ2v) is 11.7. The molecule has 4 aromatic rings. The summed E-state index contributed by atoms with van der Waals surface area (Å²) in [4.78, 5) is 28.3. The standard InChI is InChI=1S/C35H33ClN2O4/c1-23-12-14-24(15-13-23)16-17-37-34(40)26-7-4-9-29(19-26)38-32(39)20-27-21-35(38,2)42-33-30(27)10-5-11-31(33)41-22-25-6-3-8-28(36)18-25/h3-15,18-19,27H,16-17,20-22H2,1-2H3,(H,37,40). The van der Waals surface area contributed by atoms with Gasteiger partial charge in [0.25, 0.3) is 5.91 Å². The van der Waals surface area contributed by atoms with Gasteiger partial charge in [0.05, 0.1) is 0 Å². The number of rotatable bonds is 8. The number of hydrogen-bond acceptors (Lipinski definition) is 4. The van der Waals surface area contributed by atoms with Gasteiger partial charge in [-0.05, 0) is 67.8 Å². The maximum Gasteiger partial charge on any atom is 0.251 e. The van der Waals surface area contributed by atoms with Crippen LogP contribution in [0.2, 0.25) is 5.02 Å². The molecule has 7 heteroatoms. The summed E-state index contributed by atoms with van der Waals surface area (Å²) in [6.45, 7) is 4.85. The Morgan fingerprint density at radius 3 is 2.62 bits per heavy atom. The van der Waals surface area contributed by atoms with Crippen molar-refractivity contribution in [3.8, 4) is 11.5 Å². The molecule has 6 rings (SSSR count). The number of anilines is 1. The third-order valence-electron chi connectivity index (χ3n) is 8.01. The van der Waals surface area contributed by atoms with E-state index in [1.54, 1.807) is 17.0 Å². The molecule has 0 saturated carbocycles. The summed E-state index contributed by atoms with van der Waals surface area (Å²) < 4.78 is 12.9. The van der Waals surface area contributed by atoms with Gasteiger partial charge in [0.15, 0.2) is 17.2 Å². The lowest BCUT2D eigenvalue weighted by atomic mass is 9.80. The molecule has 2 aliphatic heterocycles. The zero-order chi connectivity index (χ0) is 29.3. The summed E-state index contributed by atoms with van der Waals surface area (Å²) in [5.74, 6) is 1.07. The van der Waals surface area contributed by atoms with E-state index in [-0.39, 0.29) is 17.7 Å². The fourth-order valence-electron chi connectivity index (χ4n) is 5.96. The number of carbonyl (C=O) groups excluding carboxylic acids is 2. The van der Waals surface area contributed by atoms with Crippen LogP contribution in [0.3, 0.4) is 0 Å². The number of halogens is 1. The van der Waals surface area contributed by atoms with Gasteiger partial charge in [-0.2, -0.15) is 0 Å². The second kappa shape index (κ2) is 11.5. The van der Waals surface area contributed by atoms with E-state index in [2.05, 4.69) is 36.5 Å². The van der Waals surface area contributed by atoms with Crippen LogP contribution in [0.1, 0.15) is 58.3 Å². The van der Waals surface area contributed by atoms with Crippen LogP contribution in [-0.4, -0.2) is 24.1 Å². The zero-order valence-electron chi connectivity index (χ0n) is 23.7. The van der Waals surface area contributed by atoms with E-state index < -0.39 is 5.72 Å². The van der Waals surface area contributed by atoms with Crippen molar-refractivity contribution in [1.82, 2.24) is 5.32 Å². The Balaban J connectivity index is 1.20. The van der Waals surface area contributed by atoms with Gasteiger partial charge in [0.2, 0.25) is 5.91 Å². The molecule has 2 heterocycles. The lowest BCUT2D eigenvalue weighted by molar-refractivity contribution is -0.127. The number of nitrogens with zero attached hydrogens (tertiary/aromatic N) is 1. The number of ether oxygens (including phenoxy) is 2. The predicted molar refractivity (Wildman–Crippen MR) is 164 cm³/mol. The Kier molecular flexibility index (Phi) is 7.65. The zero-order valence-corrected chi connectivity index (χ0v) is 24.5. The van der Waals surface area contributed by atoms with Crippen LogP contribution in [0.4, 0.5) is 5.69 Å². The molecular weight excluding hydrogens is 548 g/mol. The van der Waals surface area contributed by atoms with E-state index >= 15 is 0 Å². The topological polar surface area (TPSA) is 67.9 Å². The molecule has 2 atom stereocenters. The minimum Gasteiger partial charge on any atom is -0.485 e. The number of nitrogens with one attached hydrogen (secondary N) is 1. The highest BCUT2D eigenvalue weighted by molar-refractivity contribution is 6.30. The largest absolute Gasteiger partial charge is 0.485 e. The normalized spacial score (nSPS) is 19.1. The van der Waals surface area contributed by atoms with Crippen molar-refractivity contribution in [3.05, 3.63) is 124 Å². The first kappa shape index (κ1) is 27.9. The van der Waals surface area contributed by atoms with Crippen LogP contribution in [0.15, 0.2) is 91.0 Å². The van der Waals surface area contributed by atoms with Crippen molar-refractivity contribution < 1.29 is 19.1 Å². The molecule has 0 aromatic heterocycles.